The van der Waals surface area contributed by atoms with E-state index in [9.17, 15) is 24.3 Å². The number of hydrogen-bond donors (Lipinski definition) is 3. The standard InChI is InChI=1S/C60H119N5O7S8/c1-5-9-13-17-21-27-49-73-77-53-35-61-57(67)31-38-64(40-33-59(69)71-47-55-79-75-51-29-23-19-15-11-7-3)44-42-63(37-25-26-46-66)43-45-65(39-32-58(68)62-36-54-78-74-50-28-22-18-14-10-6-2)41-34-60(70)72-48-56-80-76-52-30-24-20-16-12-8-4/h66H,5-56H2,1-4H3,(H,61,67)(H,62,68). The van der Waals surface area contributed by atoms with E-state index in [2.05, 4.69) is 53.0 Å². The Bertz CT molecular complexity index is 1180. The molecule has 2 amide bonds. The van der Waals surface area contributed by atoms with Crippen molar-refractivity contribution in [3.05, 3.63) is 0 Å². The Morgan fingerprint density at radius 1 is 0.325 bits per heavy atom. The summed E-state index contributed by atoms with van der Waals surface area (Å²) in [6.07, 6.45) is 33.8. The van der Waals surface area contributed by atoms with Gasteiger partial charge in [0.15, 0.2) is 0 Å². The molecule has 0 aromatic heterocycles. The van der Waals surface area contributed by atoms with Crippen molar-refractivity contribution in [3.63, 3.8) is 0 Å². The van der Waals surface area contributed by atoms with Gasteiger partial charge in [0, 0.05) is 131 Å². The second-order valence-corrected chi connectivity index (χ2v) is 31.6. The summed E-state index contributed by atoms with van der Waals surface area (Å²) >= 11 is 0. The summed E-state index contributed by atoms with van der Waals surface area (Å²) in [4.78, 5) is 59.2. The summed E-state index contributed by atoms with van der Waals surface area (Å²) in [6, 6.07) is 0. The van der Waals surface area contributed by atoms with Crippen molar-refractivity contribution >= 4 is 110 Å². The van der Waals surface area contributed by atoms with Gasteiger partial charge in [-0.1, -0.05) is 242 Å². The van der Waals surface area contributed by atoms with Gasteiger partial charge in [-0.15, -0.1) is 0 Å². The van der Waals surface area contributed by atoms with E-state index in [0.717, 1.165) is 59.0 Å². The molecule has 0 aliphatic carbocycles. The van der Waals surface area contributed by atoms with E-state index in [4.69, 9.17) is 9.47 Å². The van der Waals surface area contributed by atoms with Gasteiger partial charge in [0.05, 0.1) is 12.8 Å². The van der Waals surface area contributed by atoms with E-state index in [1.165, 1.54) is 154 Å². The zero-order valence-electron chi connectivity index (χ0n) is 51.3. The summed E-state index contributed by atoms with van der Waals surface area (Å²) in [5.74, 6) is 7.47. The first-order valence-corrected chi connectivity index (χ1v) is 41.8. The van der Waals surface area contributed by atoms with Gasteiger partial charge in [-0.2, -0.15) is 0 Å². The Morgan fingerprint density at radius 3 is 0.950 bits per heavy atom. The van der Waals surface area contributed by atoms with Crippen LogP contribution in [0.5, 0.6) is 0 Å². The fourth-order valence-corrected chi connectivity index (χ4v) is 16.5. The van der Waals surface area contributed by atoms with Crippen molar-refractivity contribution in [1.29, 1.82) is 0 Å². The van der Waals surface area contributed by atoms with Gasteiger partial charge in [0.2, 0.25) is 11.8 Å². The van der Waals surface area contributed by atoms with Gasteiger partial charge >= 0.3 is 11.9 Å². The van der Waals surface area contributed by atoms with Crippen molar-refractivity contribution < 1.29 is 33.8 Å². The minimum atomic E-state index is -0.211. The van der Waals surface area contributed by atoms with Gasteiger partial charge in [0.25, 0.3) is 0 Å². The van der Waals surface area contributed by atoms with Crippen LogP contribution in [0.25, 0.3) is 0 Å². The minimum Gasteiger partial charge on any atom is -0.465 e. The molecule has 0 heterocycles. The van der Waals surface area contributed by atoms with Crippen molar-refractivity contribution in [1.82, 2.24) is 25.3 Å². The topological polar surface area (TPSA) is 141 Å². The quantitative estimate of drug-likeness (QED) is 0.0302. The zero-order valence-corrected chi connectivity index (χ0v) is 57.8. The molecular formula is C60H119N5O7S8. The van der Waals surface area contributed by atoms with Crippen LogP contribution in [0.3, 0.4) is 0 Å². The minimum absolute atomic E-state index is 0.0230. The first-order chi connectivity index (χ1) is 39.3. The number of esters is 2. The highest BCUT2D eigenvalue weighted by Crippen LogP contribution is 2.25. The smallest absolute Gasteiger partial charge is 0.307 e. The largest absolute Gasteiger partial charge is 0.465 e. The number of unbranched alkanes of at least 4 members (excludes halogenated alkanes) is 21. The second kappa shape index (κ2) is 67.0. The average molecular weight is 1280 g/mol. The number of amides is 2. The molecule has 0 saturated heterocycles. The number of hydrogen-bond acceptors (Lipinski definition) is 18. The molecule has 0 aromatic carbocycles. The molecule has 0 bridgehead atoms. The predicted octanol–water partition coefficient (Wildman–Crippen LogP) is 15.5. The van der Waals surface area contributed by atoms with Crippen molar-refractivity contribution in [2.45, 2.75) is 220 Å². The average Bonchev–Trinajstić information content (AvgIpc) is 3.45. The number of carbonyl (C=O) groups is 4. The van der Waals surface area contributed by atoms with Crippen LogP contribution >= 0.6 is 86.4 Å². The molecule has 0 atom stereocenters. The lowest BCUT2D eigenvalue weighted by Crippen LogP contribution is -2.42. The van der Waals surface area contributed by atoms with Gasteiger partial charge in [0.1, 0.15) is 13.2 Å². The molecule has 0 aliphatic heterocycles. The number of carbonyl (C=O) groups excluding carboxylic acids is 4. The summed E-state index contributed by atoms with van der Waals surface area (Å²) in [7, 11) is 14.8. The highest BCUT2D eigenvalue weighted by molar-refractivity contribution is 8.77. The Kier molecular flexibility index (Phi) is 67.5. The van der Waals surface area contributed by atoms with E-state index in [-0.39, 0.29) is 43.2 Å². The molecule has 80 heavy (non-hydrogen) atoms. The normalized spacial score (nSPS) is 11.6. The Morgan fingerprint density at radius 2 is 0.613 bits per heavy atom. The summed E-state index contributed by atoms with van der Waals surface area (Å²) < 4.78 is 11.4. The maximum Gasteiger partial charge on any atom is 0.307 e. The van der Waals surface area contributed by atoms with E-state index in [1.807, 2.05) is 64.8 Å². The van der Waals surface area contributed by atoms with Crippen LogP contribution in [0, 0.1) is 0 Å². The fraction of sp³-hybridized carbons (Fsp3) is 0.933. The number of nitrogens with zero attached hydrogens (tertiary/aromatic N) is 3. The number of rotatable bonds is 66. The molecule has 0 aliphatic rings. The molecule has 0 unspecified atom stereocenters. The monoisotopic (exact) mass is 1280 g/mol. The zero-order chi connectivity index (χ0) is 58.3. The van der Waals surface area contributed by atoms with Crippen LogP contribution in [0.15, 0.2) is 0 Å². The molecular weight excluding hydrogens is 1160 g/mol. The van der Waals surface area contributed by atoms with Gasteiger partial charge in [-0.05, 0) is 45.1 Å². The molecule has 3 N–H and O–H groups in total. The molecule has 0 fully saturated rings. The molecule has 20 heteroatoms. The Labute approximate surface area is 523 Å². The second-order valence-electron chi connectivity index (χ2n) is 20.7. The Balaban J connectivity index is 5.53. The number of aliphatic hydroxyl groups excluding tert-OH is 1. The van der Waals surface area contributed by atoms with Crippen LogP contribution in [-0.4, -0.2) is 181 Å². The lowest BCUT2D eigenvalue weighted by atomic mass is 10.1. The van der Waals surface area contributed by atoms with Crippen LogP contribution in [0.2, 0.25) is 0 Å². The van der Waals surface area contributed by atoms with Gasteiger partial charge in [-0.25, -0.2) is 0 Å². The molecule has 0 spiro atoms. The molecule has 0 saturated carbocycles. The first kappa shape index (κ1) is 80.5. The number of nitrogens with one attached hydrogen (secondary N) is 2. The lowest BCUT2D eigenvalue weighted by Gasteiger charge is -2.30. The molecule has 474 valence electrons. The third-order valence-electron chi connectivity index (χ3n) is 13.5. The van der Waals surface area contributed by atoms with E-state index < -0.39 is 0 Å². The highest BCUT2D eigenvalue weighted by Gasteiger charge is 2.17. The van der Waals surface area contributed by atoms with Crippen molar-refractivity contribution in [3.8, 4) is 0 Å². The predicted molar refractivity (Wildman–Crippen MR) is 365 cm³/mol. The third-order valence-corrected chi connectivity index (χ3v) is 23.4. The molecule has 0 rings (SSSR count). The highest BCUT2D eigenvalue weighted by atomic mass is 33.1. The van der Waals surface area contributed by atoms with E-state index in [0.29, 0.717) is 97.9 Å². The van der Waals surface area contributed by atoms with Crippen LogP contribution in [0.1, 0.15) is 220 Å². The van der Waals surface area contributed by atoms with Crippen LogP contribution in [-0.2, 0) is 28.7 Å². The summed E-state index contributed by atoms with van der Waals surface area (Å²) in [5.41, 5.74) is 0. The first-order valence-electron chi connectivity index (χ1n) is 31.9. The maximum atomic E-state index is 13.1. The molecule has 0 radical (unpaired) electrons. The number of ether oxygens (including phenoxy) is 2. The van der Waals surface area contributed by atoms with Gasteiger partial charge < -0.3 is 39.9 Å². The summed E-state index contributed by atoms with van der Waals surface area (Å²) in [6.45, 7) is 16.8. The van der Waals surface area contributed by atoms with Crippen molar-refractivity contribution in [2.75, 3.05) is 138 Å². The fourth-order valence-electron chi connectivity index (χ4n) is 8.44. The van der Waals surface area contributed by atoms with E-state index in [1.54, 1.807) is 21.6 Å². The SMILES string of the molecule is CCCCCCCCSSCCNC(=O)CCN(CCC(=O)OCCSSCCCCCCCC)CCN(CCCCO)CCN(CCC(=O)NCCSSCCCCCCCC)CCC(=O)OCCSSCCCCCCCC. The van der Waals surface area contributed by atoms with Crippen LogP contribution < -0.4 is 10.6 Å². The van der Waals surface area contributed by atoms with Crippen LogP contribution in [0.4, 0.5) is 0 Å². The maximum absolute atomic E-state index is 13.1. The third kappa shape index (κ3) is 61.6. The molecule has 0 aromatic rings. The lowest BCUT2D eigenvalue weighted by molar-refractivity contribution is -0.144. The molecule has 12 nitrogen and oxygen atoms in total. The van der Waals surface area contributed by atoms with E-state index >= 15 is 0 Å². The number of aliphatic hydroxyl groups is 1. The van der Waals surface area contributed by atoms with Gasteiger partial charge in [-0.3, -0.25) is 19.2 Å². The Hall–Kier alpha value is 0.520. The van der Waals surface area contributed by atoms with Crippen molar-refractivity contribution in [2.24, 2.45) is 0 Å². The summed E-state index contributed by atoms with van der Waals surface area (Å²) in [5, 5.41) is 16.0.